The third-order valence-corrected chi connectivity index (χ3v) is 3.55. The smallest absolute Gasteiger partial charge is 0.197 e. The van der Waals surface area contributed by atoms with Crippen LogP contribution >= 0.6 is 0 Å². The maximum absolute atomic E-state index is 6.22. The lowest BCUT2D eigenvalue weighted by molar-refractivity contribution is 0.0443. The highest BCUT2D eigenvalue weighted by molar-refractivity contribution is 5.72. The van der Waals surface area contributed by atoms with Gasteiger partial charge in [-0.25, -0.2) is 4.98 Å². The Labute approximate surface area is 106 Å². The van der Waals surface area contributed by atoms with Gasteiger partial charge >= 0.3 is 0 Å². The molecule has 3 rings (SSSR count). The van der Waals surface area contributed by atoms with Gasteiger partial charge in [0.25, 0.3) is 0 Å². The van der Waals surface area contributed by atoms with Crippen molar-refractivity contribution in [3.63, 3.8) is 0 Å². The first-order valence-electron chi connectivity index (χ1n) is 6.51. The number of hydrogen-bond donors (Lipinski definition) is 1. The highest BCUT2D eigenvalue weighted by Crippen LogP contribution is 2.21. The zero-order valence-corrected chi connectivity index (χ0v) is 10.3. The predicted octanol–water partition coefficient (Wildman–Crippen LogP) is 2.12. The molecule has 1 aromatic heterocycles. The molecule has 1 saturated heterocycles. The van der Waals surface area contributed by atoms with E-state index in [9.17, 15) is 0 Å². The van der Waals surface area contributed by atoms with E-state index in [1.807, 2.05) is 24.3 Å². The van der Waals surface area contributed by atoms with Crippen LogP contribution < -0.4 is 5.73 Å². The third-order valence-electron chi connectivity index (χ3n) is 3.55. The van der Waals surface area contributed by atoms with E-state index in [1.54, 1.807) is 0 Å². The summed E-state index contributed by atoms with van der Waals surface area (Å²) in [6.07, 6.45) is 2.93. The van der Waals surface area contributed by atoms with Gasteiger partial charge in [-0.3, -0.25) is 0 Å². The van der Waals surface area contributed by atoms with E-state index in [0.717, 1.165) is 43.0 Å². The van der Waals surface area contributed by atoms with Crippen molar-refractivity contribution in [1.82, 2.24) is 4.98 Å². The Kier molecular flexibility index (Phi) is 3.30. The summed E-state index contributed by atoms with van der Waals surface area (Å²) in [5, 5.41) is 0. The second-order valence-electron chi connectivity index (χ2n) is 4.92. The van der Waals surface area contributed by atoms with Gasteiger partial charge in [-0.2, -0.15) is 0 Å². The maximum atomic E-state index is 6.22. The third kappa shape index (κ3) is 2.40. The van der Waals surface area contributed by atoms with Crippen LogP contribution in [0.5, 0.6) is 0 Å². The minimum absolute atomic E-state index is 0.0679. The van der Waals surface area contributed by atoms with Gasteiger partial charge in [-0.15, -0.1) is 0 Å². The standard InChI is InChI=1S/C14H18N2O2/c15-11(10-4-3-7-17-9-10)8-14-16-12-5-1-2-6-13(12)18-14/h1-2,5-6,10-11H,3-4,7-9,15H2. The Morgan fingerprint density at radius 2 is 2.28 bits per heavy atom. The molecule has 0 amide bonds. The summed E-state index contributed by atoms with van der Waals surface area (Å²) in [5.74, 6) is 1.16. The van der Waals surface area contributed by atoms with E-state index in [4.69, 9.17) is 14.9 Å². The van der Waals surface area contributed by atoms with Gasteiger partial charge in [-0.05, 0) is 30.9 Å². The van der Waals surface area contributed by atoms with Gasteiger partial charge in [-0.1, -0.05) is 12.1 Å². The number of para-hydroxylation sites is 2. The molecule has 0 aliphatic carbocycles. The van der Waals surface area contributed by atoms with Gasteiger partial charge in [0.2, 0.25) is 0 Å². The second-order valence-corrected chi connectivity index (χ2v) is 4.92. The zero-order chi connectivity index (χ0) is 12.4. The van der Waals surface area contributed by atoms with E-state index in [1.165, 1.54) is 0 Å². The topological polar surface area (TPSA) is 61.3 Å². The van der Waals surface area contributed by atoms with Crippen LogP contribution in [-0.2, 0) is 11.2 Å². The molecule has 96 valence electrons. The lowest BCUT2D eigenvalue weighted by Crippen LogP contribution is -2.37. The molecule has 4 heteroatoms. The van der Waals surface area contributed by atoms with Crippen LogP contribution in [-0.4, -0.2) is 24.2 Å². The number of rotatable bonds is 3. The van der Waals surface area contributed by atoms with Crippen LogP contribution in [0.4, 0.5) is 0 Å². The number of fused-ring (bicyclic) bond motifs is 1. The number of oxazole rings is 1. The number of ether oxygens (including phenoxy) is 1. The molecule has 1 fully saturated rings. The van der Waals surface area contributed by atoms with Gasteiger partial charge in [0.15, 0.2) is 11.5 Å². The van der Waals surface area contributed by atoms with Crippen LogP contribution in [0.15, 0.2) is 28.7 Å². The normalized spacial score (nSPS) is 22.2. The van der Waals surface area contributed by atoms with Crippen molar-refractivity contribution in [2.45, 2.75) is 25.3 Å². The van der Waals surface area contributed by atoms with E-state index in [2.05, 4.69) is 4.98 Å². The Bertz CT molecular complexity index is 484. The molecule has 2 unspecified atom stereocenters. The highest BCUT2D eigenvalue weighted by atomic mass is 16.5. The van der Waals surface area contributed by atoms with Gasteiger partial charge in [0, 0.05) is 19.1 Å². The first kappa shape index (κ1) is 11.7. The second kappa shape index (κ2) is 5.08. The Morgan fingerprint density at radius 1 is 1.39 bits per heavy atom. The molecular weight excluding hydrogens is 228 g/mol. The molecule has 2 atom stereocenters. The predicted molar refractivity (Wildman–Crippen MR) is 69.2 cm³/mol. The number of nitrogens with zero attached hydrogens (tertiary/aromatic N) is 1. The summed E-state index contributed by atoms with van der Waals surface area (Å²) in [6, 6.07) is 7.87. The number of nitrogens with two attached hydrogens (primary N) is 1. The fourth-order valence-corrected chi connectivity index (χ4v) is 2.48. The van der Waals surface area contributed by atoms with E-state index in [-0.39, 0.29) is 6.04 Å². The molecule has 1 aliphatic rings. The summed E-state index contributed by atoms with van der Waals surface area (Å²) in [7, 11) is 0. The minimum Gasteiger partial charge on any atom is -0.441 e. The first-order chi connectivity index (χ1) is 8.83. The van der Waals surface area contributed by atoms with Crippen molar-refractivity contribution in [2.24, 2.45) is 11.7 Å². The van der Waals surface area contributed by atoms with Crippen LogP contribution in [0.25, 0.3) is 11.1 Å². The number of aromatic nitrogens is 1. The summed E-state index contributed by atoms with van der Waals surface area (Å²) in [5.41, 5.74) is 7.96. The Balaban J connectivity index is 1.71. The average molecular weight is 246 g/mol. The van der Waals surface area contributed by atoms with Crippen molar-refractivity contribution in [1.29, 1.82) is 0 Å². The molecule has 2 N–H and O–H groups in total. The summed E-state index contributed by atoms with van der Waals surface area (Å²) < 4.78 is 11.2. The minimum atomic E-state index is 0.0679. The first-order valence-corrected chi connectivity index (χ1v) is 6.51. The van der Waals surface area contributed by atoms with E-state index in [0.29, 0.717) is 12.3 Å². The van der Waals surface area contributed by atoms with Crippen molar-refractivity contribution in [2.75, 3.05) is 13.2 Å². The summed E-state index contributed by atoms with van der Waals surface area (Å²) >= 11 is 0. The summed E-state index contributed by atoms with van der Waals surface area (Å²) in [6.45, 7) is 1.63. The zero-order valence-electron chi connectivity index (χ0n) is 10.3. The SMILES string of the molecule is NC(Cc1nc2ccccc2o1)C1CCCOC1. The largest absolute Gasteiger partial charge is 0.441 e. The quantitative estimate of drug-likeness (QED) is 0.901. The molecular formula is C14H18N2O2. The van der Waals surface area contributed by atoms with Crippen molar-refractivity contribution in [3.8, 4) is 0 Å². The molecule has 0 bridgehead atoms. The molecule has 0 radical (unpaired) electrons. The Hall–Kier alpha value is -1.39. The fraction of sp³-hybridized carbons (Fsp3) is 0.500. The van der Waals surface area contributed by atoms with E-state index < -0.39 is 0 Å². The molecule has 1 aromatic carbocycles. The van der Waals surface area contributed by atoms with Crippen LogP contribution in [0.1, 0.15) is 18.7 Å². The monoisotopic (exact) mass is 246 g/mol. The molecule has 2 aromatic rings. The average Bonchev–Trinajstić information content (AvgIpc) is 2.82. The van der Waals surface area contributed by atoms with E-state index >= 15 is 0 Å². The lowest BCUT2D eigenvalue weighted by atomic mass is 9.92. The number of benzene rings is 1. The van der Waals surface area contributed by atoms with Crippen molar-refractivity contribution < 1.29 is 9.15 Å². The van der Waals surface area contributed by atoms with Gasteiger partial charge in [0.1, 0.15) is 5.52 Å². The Morgan fingerprint density at radius 3 is 3.06 bits per heavy atom. The van der Waals surface area contributed by atoms with Crippen LogP contribution in [0.3, 0.4) is 0 Å². The van der Waals surface area contributed by atoms with Gasteiger partial charge in [0.05, 0.1) is 6.61 Å². The maximum Gasteiger partial charge on any atom is 0.197 e. The van der Waals surface area contributed by atoms with Crippen molar-refractivity contribution >= 4 is 11.1 Å². The van der Waals surface area contributed by atoms with Crippen LogP contribution in [0, 0.1) is 5.92 Å². The molecule has 0 spiro atoms. The molecule has 2 heterocycles. The fourth-order valence-electron chi connectivity index (χ4n) is 2.48. The lowest BCUT2D eigenvalue weighted by Gasteiger charge is -2.26. The van der Waals surface area contributed by atoms with Crippen LogP contribution in [0.2, 0.25) is 0 Å². The molecule has 0 saturated carbocycles. The molecule has 18 heavy (non-hydrogen) atoms. The number of hydrogen-bond acceptors (Lipinski definition) is 4. The molecule has 4 nitrogen and oxygen atoms in total. The highest BCUT2D eigenvalue weighted by Gasteiger charge is 2.23. The summed E-state index contributed by atoms with van der Waals surface area (Å²) in [4.78, 5) is 4.46. The van der Waals surface area contributed by atoms with Gasteiger partial charge < -0.3 is 14.9 Å². The van der Waals surface area contributed by atoms with Crippen molar-refractivity contribution in [3.05, 3.63) is 30.2 Å². The molecule has 1 aliphatic heterocycles.